The van der Waals surface area contributed by atoms with Gasteiger partial charge >= 0.3 is 6.18 Å². The minimum Gasteiger partial charge on any atom is -0.303 e. The molecule has 0 aliphatic carbocycles. The molecule has 0 saturated heterocycles. The fraction of sp³-hybridized carbons (Fsp3) is 1.00. The van der Waals surface area contributed by atoms with Gasteiger partial charge in [-0.05, 0) is 31.1 Å². The van der Waals surface area contributed by atoms with E-state index in [0.717, 1.165) is 12.8 Å². The normalized spacial score (nSPS) is 17.3. The van der Waals surface area contributed by atoms with Gasteiger partial charge < -0.3 is 5.32 Å². The molecule has 1 N–H and O–H groups in total. The third-order valence-electron chi connectivity index (χ3n) is 2.81. The Morgan fingerprint density at radius 1 is 1.00 bits per heavy atom. The van der Waals surface area contributed by atoms with Gasteiger partial charge in [-0.25, -0.2) is 0 Å². The molecule has 4 heteroatoms. The molecule has 17 heavy (non-hydrogen) atoms. The molecule has 0 amide bonds. The van der Waals surface area contributed by atoms with E-state index < -0.39 is 18.1 Å². The summed E-state index contributed by atoms with van der Waals surface area (Å²) < 4.78 is 38.2. The average molecular weight is 253 g/mol. The molecule has 0 bridgehead atoms. The molecule has 0 aliphatic rings. The molecule has 0 spiro atoms. The van der Waals surface area contributed by atoms with E-state index in [9.17, 15) is 13.2 Å². The van der Waals surface area contributed by atoms with Crippen molar-refractivity contribution in [1.29, 1.82) is 0 Å². The second kappa shape index (κ2) is 6.07. The molecule has 0 fully saturated rings. The van der Waals surface area contributed by atoms with Gasteiger partial charge in [0.1, 0.15) is 6.04 Å². The highest BCUT2D eigenvalue weighted by atomic mass is 19.4. The van der Waals surface area contributed by atoms with E-state index in [4.69, 9.17) is 0 Å². The molecule has 0 radical (unpaired) electrons. The molecule has 0 heterocycles. The lowest BCUT2D eigenvalue weighted by molar-refractivity contribution is -0.167. The second-order valence-corrected chi connectivity index (χ2v) is 6.43. The fourth-order valence-electron chi connectivity index (χ4n) is 1.70. The first kappa shape index (κ1) is 16.8. The number of halogens is 3. The summed E-state index contributed by atoms with van der Waals surface area (Å²) in [6, 6.07) is -1.51. The molecule has 0 rings (SSSR count). The summed E-state index contributed by atoms with van der Waals surface area (Å²) in [5, 5.41) is 2.70. The zero-order valence-corrected chi connectivity index (χ0v) is 11.8. The van der Waals surface area contributed by atoms with Crippen molar-refractivity contribution in [2.24, 2.45) is 11.3 Å². The quantitative estimate of drug-likeness (QED) is 0.766. The predicted octanol–water partition coefficient (Wildman–Crippen LogP) is 4.38. The number of nitrogens with one attached hydrogen (secondary N) is 1. The lowest BCUT2D eigenvalue weighted by atomic mass is 9.88. The number of hydrogen-bond acceptors (Lipinski definition) is 1. The van der Waals surface area contributed by atoms with Crippen molar-refractivity contribution in [2.75, 3.05) is 0 Å². The van der Waals surface area contributed by atoms with E-state index in [0.29, 0.717) is 0 Å². The molecule has 1 nitrogen and oxygen atoms in total. The first-order valence-corrected chi connectivity index (χ1v) is 6.26. The Balaban J connectivity index is 4.28. The summed E-state index contributed by atoms with van der Waals surface area (Å²) >= 11 is 0. The fourth-order valence-corrected chi connectivity index (χ4v) is 1.70. The molecule has 0 saturated carbocycles. The minimum atomic E-state index is -4.16. The van der Waals surface area contributed by atoms with Gasteiger partial charge in [0.15, 0.2) is 0 Å². The van der Waals surface area contributed by atoms with Gasteiger partial charge in [-0.2, -0.15) is 13.2 Å². The van der Waals surface area contributed by atoms with Crippen LogP contribution in [0.2, 0.25) is 0 Å². The highest BCUT2D eigenvalue weighted by molar-refractivity contribution is 4.81. The Morgan fingerprint density at radius 3 is 1.76 bits per heavy atom. The topological polar surface area (TPSA) is 12.0 Å². The van der Waals surface area contributed by atoms with Crippen LogP contribution in [0.4, 0.5) is 13.2 Å². The molecular weight excluding hydrogens is 227 g/mol. The average Bonchev–Trinajstić information content (AvgIpc) is 2.07. The second-order valence-electron chi connectivity index (χ2n) is 6.43. The minimum absolute atomic E-state index is 0.108. The zero-order valence-electron chi connectivity index (χ0n) is 11.8. The molecule has 0 aromatic rings. The molecular formula is C13H26F3N. The van der Waals surface area contributed by atoms with Crippen molar-refractivity contribution in [2.45, 2.75) is 72.6 Å². The van der Waals surface area contributed by atoms with Gasteiger partial charge in [-0.1, -0.05) is 34.6 Å². The maximum atomic E-state index is 12.7. The van der Waals surface area contributed by atoms with Crippen LogP contribution in [-0.2, 0) is 0 Å². The van der Waals surface area contributed by atoms with Crippen LogP contribution in [0.25, 0.3) is 0 Å². The lowest BCUT2D eigenvalue weighted by Gasteiger charge is -2.29. The van der Waals surface area contributed by atoms with Crippen LogP contribution >= 0.6 is 0 Å². The Hall–Kier alpha value is -0.250. The van der Waals surface area contributed by atoms with Gasteiger partial charge in [-0.15, -0.1) is 0 Å². The van der Waals surface area contributed by atoms with Crippen molar-refractivity contribution in [1.82, 2.24) is 5.32 Å². The van der Waals surface area contributed by atoms with Crippen molar-refractivity contribution in [3.05, 3.63) is 0 Å². The smallest absolute Gasteiger partial charge is 0.303 e. The van der Waals surface area contributed by atoms with Gasteiger partial charge in [0.2, 0.25) is 0 Å². The van der Waals surface area contributed by atoms with E-state index in [1.807, 2.05) is 6.92 Å². The van der Waals surface area contributed by atoms with E-state index in [2.05, 4.69) is 26.1 Å². The summed E-state index contributed by atoms with van der Waals surface area (Å²) in [5.41, 5.74) is 0.168. The number of alkyl halides is 3. The summed E-state index contributed by atoms with van der Waals surface area (Å²) in [6.45, 7) is 11.3. The maximum Gasteiger partial charge on any atom is 0.404 e. The van der Waals surface area contributed by atoms with Gasteiger partial charge in [-0.3, -0.25) is 0 Å². The molecule has 2 atom stereocenters. The molecule has 0 aliphatic heterocycles. The zero-order chi connectivity index (χ0) is 13.9. The Kier molecular flexibility index (Phi) is 5.99. The van der Waals surface area contributed by atoms with Crippen LogP contribution in [0, 0.1) is 11.3 Å². The lowest BCUT2D eigenvalue weighted by Crippen LogP contribution is -2.49. The van der Waals surface area contributed by atoms with E-state index in [1.165, 1.54) is 0 Å². The Labute approximate surface area is 103 Å². The molecule has 0 unspecified atom stereocenters. The number of hydrogen-bond donors (Lipinski definition) is 1. The molecule has 0 aromatic carbocycles. The van der Waals surface area contributed by atoms with Gasteiger partial charge in [0.05, 0.1) is 0 Å². The third kappa shape index (κ3) is 7.63. The van der Waals surface area contributed by atoms with Gasteiger partial charge in [0.25, 0.3) is 0 Å². The third-order valence-corrected chi connectivity index (χ3v) is 2.81. The molecule has 0 aromatic heterocycles. The van der Waals surface area contributed by atoms with Crippen LogP contribution < -0.4 is 5.32 Å². The Morgan fingerprint density at radius 2 is 1.47 bits per heavy atom. The first-order chi connectivity index (χ1) is 7.43. The van der Waals surface area contributed by atoms with Crippen LogP contribution in [-0.4, -0.2) is 18.3 Å². The highest BCUT2D eigenvalue weighted by Gasteiger charge is 2.41. The van der Waals surface area contributed by atoms with Crippen molar-refractivity contribution >= 4 is 0 Å². The summed E-state index contributed by atoms with van der Waals surface area (Å²) in [5.74, 6) is -0.438. The summed E-state index contributed by atoms with van der Waals surface area (Å²) in [4.78, 5) is 0. The monoisotopic (exact) mass is 253 g/mol. The largest absolute Gasteiger partial charge is 0.404 e. The first-order valence-electron chi connectivity index (χ1n) is 6.26. The SMILES string of the molecule is CC(C)[C@H](N[C@H](C)CCC(C)(C)C)C(F)(F)F. The standard InChI is InChI=1S/C13H26F3N/c1-9(2)11(13(14,15)16)17-10(3)7-8-12(4,5)6/h9-11,17H,7-8H2,1-6H3/t10-,11+/m1/s1. The number of rotatable bonds is 5. The van der Waals surface area contributed by atoms with Crippen LogP contribution in [0.15, 0.2) is 0 Å². The van der Waals surface area contributed by atoms with E-state index >= 15 is 0 Å². The van der Waals surface area contributed by atoms with Crippen LogP contribution in [0.3, 0.4) is 0 Å². The summed E-state index contributed by atoms with van der Waals surface area (Å²) in [7, 11) is 0. The van der Waals surface area contributed by atoms with Crippen LogP contribution in [0.5, 0.6) is 0 Å². The maximum absolute atomic E-state index is 12.7. The van der Waals surface area contributed by atoms with Crippen molar-refractivity contribution < 1.29 is 13.2 Å². The van der Waals surface area contributed by atoms with Gasteiger partial charge in [0, 0.05) is 6.04 Å². The predicted molar refractivity (Wildman–Crippen MR) is 66.0 cm³/mol. The molecule has 104 valence electrons. The van der Waals surface area contributed by atoms with E-state index in [-0.39, 0.29) is 11.5 Å². The van der Waals surface area contributed by atoms with Crippen LogP contribution in [0.1, 0.15) is 54.4 Å². The Bertz CT molecular complexity index is 216. The van der Waals surface area contributed by atoms with Crippen molar-refractivity contribution in [3.8, 4) is 0 Å². The van der Waals surface area contributed by atoms with Crippen molar-refractivity contribution in [3.63, 3.8) is 0 Å². The van der Waals surface area contributed by atoms with E-state index in [1.54, 1.807) is 13.8 Å². The highest BCUT2D eigenvalue weighted by Crippen LogP contribution is 2.27. The summed E-state index contributed by atoms with van der Waals surface area (Å²) in [6.07, 6.45) is -2.48.